The van der Waals surface area contributed by atoms with Gasteiger partial charge in [-0.3, -0.25) is 13.9 Å². The molecule has 3 rings (SSSR count). The van der Waals surface area contributed by atoms with Crippen molar-refractivity contribution < 1.29 is 18.0 Å². The van der Waals surface area contributed by atoms with Crippen molar-refractivity contribution in [3.8, 4) is 0 Å². The van der Waals surface area contributed by atoms with Crippen molar-refractivity contribution in [3.63, 3.8) is 0 Å². The SMILES string of the molecule is O=C(CC[C@@H]1CCC(=O)N1)Nc1cccc(N2CCCCS2(=O)=O)c1. The van der Waals surface area contributed by atoms with Crippen LogP contribution in [0.2, 0.25) is 0 Å². The number of benzene rings is 1. The van der Waals surface area contributed by atoms with Crippen LogP contribution in [0.15, 0.2) is 24.3 Å². The highest BCUT2D eigenvalue weighted by atomic mass is 32.2. The molecule has 0 spiro atoms. The van der Waals surface area contributed by atoms with Gasteiger partial charge in [0.1, 0.15) is 0 Å². The second-order valence-corrected chi connectivity index (χ2v) is 8.55. The van der Waals surface area contributed by atoms with E-state index in [1.165, 1.54) is 4.31 Å². The molecule has 2 amide bonds. The van der Waals surface area contributed by atoms with Gasteiger partial charge in [0.15, 0.2) is 0 Å². The van der Waals surface area contributed by atoms with Gasteiger partial charge in [-0.2, -0.15) is 0 Å². The molecule has 8 heteroatoms. The molecule has 1 aromatic carbocycles. The molecule has 136 valence electrons. The summed E-state index contributed by atoms with van der Waals surface area (Å²) in [6, 6.07) is 7.00. The number of rotatable bonds is 5. The third-order valence-electron chi connectivity index (χ3n) is 4.57. The topological polar surface area (TPSA) is 95.6 Å². The van der Waals surface area contributed by atoms with Crippen molar-refractivity contribution >= 4 is 33.2 Å². The lowest BCUT2D eigenvalue weighted by Gasteiger charge is -2.28. The lowest BCUT2D eigenvalue weighted by molar-refractivity contribution is -0.120. The summed E-state index contributed by atoms with van der Waals surface area (Å²) in [7, 11) is -3.27. The van der Waals surface area contributed by atoms with Crippen molar-refractivity contribution in [2.75, 3.05) is 21.9 Å². The lowest BCUT2D eigenvalue weighted by Crippen LogP contribution is -2.37. The van der Waals surface area contributed by atoms with Crippen LogP contribution >= 0.6 is 0 Å². The number of hydrogen-bond acceptors (Lipinski definition) is 4. The van der Waals surface area contributed by atoms with Crippen molar-refractivity contribution in [3.05, 3.63) is 24.3 Å². The van der Waals surface area contributed by atoms with E-state index in [4.69, 9.17) is 0 Å². The molecule has 0 saturated carbocycles. The van der Waals surface area contributed by atoms with E-state index in [9.17, 15) is 18.0 Å². The van der Waals surface area contributed by atoms with Crippen LogP contribution in [0.1, 0.15) is 38.5 Å². The largest absolute Gasteiger partial charge is 0.353 e. The molecule has 0 radical (unpaired) electrons. The summed E-state index contributed by atoms with van der Waals surface area (Å²) in [6.07, 6.45) is 3.75. The third kappa shape index (κ3) is 4.50. The first-order chi connectivity index (χ1) is 11.9. The monoisotopic (exact) mass is 365 g/mol. The number of sulfonamides is 1. The molecule has 1 atom stereocenters. The Bertz CT molecular complexity index is 763. The Morgan fingerprint density at radius 1 is 1.32 bits per heavy atom. The van der Waals surface area contributed by atoms with Crippen LogP contribution in [0.3, 0.4) is 0 Å². The first-order valence-corrected chi connectivity index (χ1v) is 10.2. The molecule has 2 aliphatic heterocycles. The van der Waals surface area contributed by atoms with Crippen molar-refractivity contribution in [2.45, 2.75) is 44.6 Å². The Hall–Kier alpha value is -2.09. The molecular weight excluding hydrogens is 342 g/mol. The van der Waals surface area contributed by atoms with Crippen molar-refractivity contribution in [2.24, 2.45) is 0 Å². The second kappa shape index (κ2) is 7.43. The fourth-order valence-corrected chi connectivity index (χ4v) is 4.87. The normalized spacial score (nSPS) is 22.5. The molecule has 7 nitrogen and oxygen atoms in total. The van der Waals surface area contributed by atoms with Crippen LogP contribution in [0.4, 0.5) is 11.4 Å². The molecule has 2 fully saturated rings. The lowest BCUT2D eigenvalue weighted by atomic mass is 10.1. The molecule has 1 aromatic rings. The molecule has 0 aliphatic carbocycles. The van der Waals surface area contributed by atoms with E-state index in [1.54, 1.807) is 24.3 Å². The molecule has 25 heavy (non-hydrogen) atoms. The number of nitrogens with one attached hydrogen (secondary N) is 2. The number of carbonyl (C=O) groups excluding carboxylic acids is 2. The highest BCUT2D eigenvalue weighted by Crippen LogP contribution is 2.26. The zero-order chi connectivity index (χ0) is 17.9. The number of nitrogens with zero attached hydrogens (tertiary/aromatic N) is 1. The summed E-state index contributed by atoms with van der Waals surface area (Å²) >= 11 is 0. The maximum Gasteiger partial charge on any atom is 0.235 e. The van der Waals surface area contributed by atoms with Gasteiger partial charge in [0.25, 0.3) is 0 Å². The smallest absolute Gasteiger partial charge is 0.235 e. The average molecular weight is 365 g/mol. The minimum absolute atomic E-state index is 0.0425. The maximum atomic E-state index is 12.2. The van der Waals surface area contributed by atoms with Gasteiger partial charge in [0.05, 0.1) is 11.4 Å². The van der Waals surface area contributed by atoms with Crippen LogP contribution in [0.5, 0.6) is 0 Å². The molecular formula is C17H23N3O4S. The van der Waals surface area contributed by atoms with E-state index in [1.807, 2.05) is 0 Å². The van der Waals surface area contributed by atoms with Crippen LogP contribution < -0.4 is 14.9 Å². The number of amides is 2. The third-order valence-corrected chi connectivity index (χ3v) is 6.44. The van der Waals surface area contributed by atoms with Crippen LogP contribution in [-0.2, 0) is 19.6 Å². The Labute approximate surface area is 147 Å². The standard InChI is InChI=1S/C17H23N3O4S/c21-16-8-6-13(18-16)7-9-17(22)19-14-4-3-5-15(12-14)20-10-1-2-11-25(20,23)24/h3-5,12-13H,1-2,6-11H2,(H,18,21)(H,19,22)/t13-/m0/s1. The van der Waals surface area contributed by atoms with Crippen LogP contribution in [0.25, 0.3) is 0 Å². The summed E-state index contributed by atoms with van der Waals surface area (Å²) in [5, 5.41) is 5.65. The average Bonchev–Trinajstić information content (AvgIpc) is 2.98. The van der Waals surface area contributed by atoms with E-state index in [0.29, 0.717) is 43.6 Å². The first-order valence-electron chi connectivity index (χ1n) is 8.64. The fraction of sp³-hybridized carbons (Fsp3) is 0.529. The molecule has 0 bridgehead atoms. The predicted molar refractivity (Wildman–Crippen MR) is 95.8 cm³/mol. The van der Waals surface area contributed by atoms with Crippen LogP contribution in [-0.4, -0.2) is 38.6 Å². The Balaban J connectivity index is 1.59. The highest BCUT2D eigenvalue weighted by molar-refractivity contribution is 7.92. The summed E-state index contributed by atoms with van der Waals surface area (Å²) in [5.74, 6) is 0.0668. The van der Waals surface area contributed by atoms with E-state index < -0.39 is 10.0 Å². The second-order valence-electron chi connectivity index (χ2n) is 6.54. The Morgan fingerprint density at radius 2 is 2.16 bits per heavy atom. The van der Waals surface area contributed by atoms with Gasteiger partial charge < -0.3 is 10.6 Å². The van der Waals surface area contributed by atoms with E-state index in [2.05, 4.69) is 10.6 Å². The van der Waals surface area contributed by atoms with Crippen molar-refractivity contribution in [1.82, 2.24) is 5.32 Å². The molecule has 2 aliphatic rings. The molecule has 2 N–H and O–H groups in total. The van der Waals surface area contributed by atoms with E-state index >= 15 is 0 Å². The molecule has 2 heterocycles. The highest BCUT2D eigenvalue weighted by Gasteiger charge is 2.26. The van der Waals surface area contributed by atoms with Crippen LogP contribution in [0, 0.1) is 0 Å². The molecule has 2 saturated heterocycles. The summed E-state index contributed by atoms with van der Waals surface area (Å²) < 4.78 is 25.8. The summed E-state index contributed by atoms with van der Waals surface area (Å²) in [6.45, 7) is 0.473. The van der Waals surface area contributed by atoms with Gasteiger partial charge >= 0.3 is 0 Å². The Kier molecular flexibility index (Phi) is 5.27. The zero-order valence-electron chi connectivity index (χ0n) is 14.0. The molecule has 0 unspecified atom stereocenters. The van der Waals surface area contributed by atoms with Gasteiger partial charge in [-0.15, -0.1) is 0 Å². The first kappa shape index (κ1) is 17.7. The quantitative estimate of drug-likeness (QED) is 0.829. The van der Waals surface area contributed by atoms with Crippen molar-refractivity contribution in [1.29, 1.82) is 0 Å². The number of hydrogen-bond donors (Lipinski definition) is 2. The van der Waals surface area contributed by atoms with E-state index in [-0.39, 0.29) is 23.6 Å². The van der Waals surface area contributed by atoms with Gasteiger partial charge in [0.2, 0.25) is 21.8 Å². The minimum atomic E-state index is -3.27. The maximum absolute atomic E-state index is 12.2. The number of carbonyl (C=O) groups is 2. The summed E-state index contributed by atoms with van der Waals surface area (Å²) in [4.78, 5) is 23.3. The van der Waals surface area contributed by atoms with Gasteiger partial charge in [-0.1, -0.05) is 6.07 Å². The number of anilines is 2. The van der Waals surface area contributed by atoms with Gasteiger partial charge in [-0.05, 0) is 43.9 Å². The van der Waals surface area contributed by atoms with Gasteiger partial charge in [0, 0.05) is 31.1 Å². The van der Waals surface area contributed by atoms with Gasteiger partial charge in [-0.25, -0.2) is 8.42 Å². The van der Waals surface area contributed by atoms with E-state index in [0.717, 1.165) is 12.8 Å². The zero-order valence-corrected chi connectivity index (χ0v) is 14.8. The Morgan fingerprint density at radius 3 is 2.88 bits per heavy atom. The minimum Gasteiger partial charge on any atom is -0.353 e. The summed E-state index contributed by atoms with van der Waals surface area (Å²) in [5.41, 5.74) is 1.17. The predicted octanol–water partition coefficient (Wildman–Crippen LogP) is 1.61. The fourth-order valence-electron chi connectivity index (χ4n) is 3.24. The molecule has 0 aromatic heterocycles.